The number of rotatable bonds is 5. The van der Waals surface area contributed by atoms with Crippen LogP contribution in [0.4, 0.5) is 5.69 Å². The molecule has 3 heterocycles. The number of furan rings is 1. The highest BCUT2D eigenvalue weighted by Crippen LogP contribution is 2.28. The average molecular weight is 428 g/mol. The summed E-state index contributed by atoms with van der Waals surface area (Å²) in [7, 11) is 0. The minimum absolute atomic E-state index is 0.0262. The molecule has 0 saturated carbocycles. The molecule has 0 saturated heterocycles. The number of fused-ring (bicyclic) bond motifs is 1. The maximum Gasteiger partial charge on any atom is 0.261 e. The van der Waals surface area contributed by atoms with Crippen LogP contribution in [-0.4, -0.2) is 32.8 Å². The smallest absolute Gasteiger partial charge is 0.261 e. The van der Waals surface area contributed by atoms with Crippen LogP contribution in [0.5, 0.6) is 0 Å². The number of para-hydroxylation sites is 1. The van der Waals surface area contributed by atoms with Crippen LogP contribution in [-0.2, 0) is 6.54 Å². The normalized spacial score (nSPS) is 12.8. The second-order valence-corrected chi connectivity index (χ2v) is 7.17. The van der Waals surface area contributed by atoms with Crippen LogP contribution in [0, 0.1) is 6.92 Å². The molecule has 2 aromatic carbocycles. The second-order valence-electron chi connectivity index (χ2n) is 7.17. The lowest BCUT2D eigenvalue weighted by Crippen LogP contribution is -2.28. The van der Waals surface area contributed by atoms with Crippen molar-refractivity contribution >= 4 is 23.4 Å². The van der Waals surface area contributed by atoms with Crippen LogP contribution in [0.3, 0.4) is 0 Å². The van der Waals surface area contributed by atoms with E-state index in [1.807, 2.05) is 0 Å². The molecule has 0 atom stereocenters. The third-order valence-corrected chi connectivity index (χ3v) is 5.07. The maximum absolute atomic E-state index is 12.9. The van der Waals surface area contributed by atoms with E-state index in [2.05, 4.69) is 15.5 Å². The first-order valence-electron chi connectivity index (χ1n) is 9.75. The molecule has 5 rings (SSSR count). The molecule has 4 aromatic rings. The molecular weight excluding hydrogens is 412 g/mol. The molecule has 9 nitrogen and oxygen atoms in total. The predicted octanol–water partition coefficient (Wildman–Crippen LogP) is 3.69. The van der Waals surface area contributed by atoms with Crippen molar-refractivity contribution in [3.8, 4) is 11.4 Å². The van der Waals surface area contributed by atoms with Gasteiger partial charge in [-0.15, -0.1) is 0 Å². The number of hydrogen-bond acceptors (Lipinski definition) is 7. The first-order valence-corrected chi connectivity index (χ1v) is 9.75. The lowest BCUT2D eigenvalue weighted by Gasteiger charge is -2.11. The van der Waals surface area contributed by atoms with Gasteiger partial charge in [0.15, 0.2) is 0 Å². The lowest BCUT2D eigenvalue weighted by molar-refractivity contribution is 0.0631. The molecule has 2 aromatic heterocycles. The summed E-state index contributed by atoms with van der Waals surface area (Å²) in [6.07, 6.45) is 1.48. The number of carbonyl (C=O) groups excluding carboxylic acids is 3. The molecule has 0 aliphatic carbocycles. The molecule has 1 N–H and O–H groups in total. The van der Waals surface area contributed by atoms with Crippen molar-refractivity contribution in [2.75, 3.05) is 5.32 Å². The van der Waals surface area contributed by atoms with Gasteiger partial charge in [-0.2, -0.15) is 4.98 Å². The van der Waals surface area contributed by atoms with Crippen LogP contribution in [0.1, 0.15) is 42.7 Å². The van der Waals surface area contributed by atoms with Crippen molar-refractivity contribution in [2.24, 2.45) is 0 Å². The number of nitrogens with one attached hydrogen (secondary N) is 1. The number of benzene rings is 2. The van der Waals surface area contributed by atoms with E-state index >= 15 is 0 Å². The first-order chi connectivity index (χ1) is 15.5. The number of aromatic nitrogens is 2. The van der Waals surface area contributed by atoms with Crippen LogP contribution in [0.15, 0.2) is 69.8 Å². The van der Waals surface area contributed by atoms with Gasteiger partial charge in [0.2, 0.25) is 11.7 Å². The highest BCUT2D eigenvalue weighted by atomic mass is 16.5. The molecule has 0 radical (unpaired) electrons. The van der Waals surface area contributed by atoms with Gasteiger partial charge in [0, 0.05) is 18.1 Å². The van der Waals surface area contributed by atoms with Gasteiger partial charge in [-0.1, -0.05) is 17.3 Å². The Morgan fingerprint density at radius 1 is 1.00 bits per heavy atom. The SMILES string of the molecule is Cc1nc(-c2ccccc2NC(=O)c2ccc3c(c2)C(=O)N(Cc2ccco2)C3=O)no1. The third kappa shape index (κ3) is 3.35. The van der Waals surface area contributed by atoms with Crippen molar-refractivity contribution in [2.45, 2.75) is 13.5 Å². The van der Waals surface area contributed by atoms with E-state index in [-0.39, 0.29) is 23.2 Å². The Morgan fingerprint density at radius 3 is 2.56 bits per heavy atom. The quantitative estimate of drug-likeness (QED) is 0.482. The Balaban J connectivity index is 1.40. The van der Waals surface area contributed by atoms with Crippen molar-refractivity contribution in [3.63, 3.8) is 0 Å². The van der Waals surface area contributed by atoms with Gasteiger partial charge in [-0.25, -0.2) is 0 Å². The maximum atomic E-state index is 12.9. The van der Waals surface area contributed by atoms with E-state index in [1.165, 1.54) is 24.5 Å². The molecule has 0 spiro atoms. The Hall–Kier alpha value is -4.53. The van der Waals surface area contributed by atoms with E-state index in [1.54, 1.807) is 43.3 Å². The predicted molar refractivity (Wildman–Crippen MR) is 112 cm³/mol. The molecule has 0 fully saturated rings. The summed E-state index contributed by atoms with van der Waals surface area (Å²) in [5.41, 5.74) is 1.75. The second kappa shape index (κ2) is 7.62. The summed E-state index contributed by atoms with van der Waals surface area (Å²) >= 11 is 0. The molecule has 158 valence electrons. The molecule has 0 unspecified atom stereocenters. The first kappa shape index (κ1) is 19.4. The molecular formula is C23H16N4O5. The van der Waals surface area contributed by atoms with E-state index < -0.39 is 17.7 Å². The number of imide groups is 1. The summed E-state index contributed by atoms with van der Waals surface area (Å²) in [5, 5.41) is 6.71. The van der Waals surface area contributed by atoms with E-state index in [9.17, 15) is 14.4 Å². The van der Waals surface area contributed by atoms with Crippen LogP contribution >= 0.6 is 0 Å². The zero-order valence-electron chi connectivity index (χ0n) is 16.9. The van der Waals surface area contributed by atoms with E-state index in [0.717, 1.165) is 4.90 Å². The largest absolute Gasteiger partial charge is 0.467 e. The third-order valence-electron chi connectivity index (χ3n) is 5.07. The standard InChI is InChI=1S/C23H16N4O5/c1-13-24-20(26-32-13)17-6-2-3-7-19(17)25-21(28)14-8-9-16-18(11-14)23(30)27(22(16)29)12-15-5-4-10-31-15/h2-11H,12H2,1H3,(H,25,28). The molecule has 9 heteroatoms. The Bertz CT molecular complexity index is 1360. The van der Waals surface area contributed by atoms with Crippen molar-refractivity contribution in [1.29, 1.82) is 0 Å². The fourth-order valence-corrected chi connectivity index (χ4v) is 3.52. The molecule has 1 aliphatic rings. The number of amides is 3. The van der Waals surface area contributed by atoms with Gasteiger partial charge in [-0.05, 0) is 42.5 Å². The molecule has 3 amide bonds. The Morgan fingerprint density at radius 2 is 1.81 bits per heavy atom. The van der Waals surface area contributed by atoms with Gasteiger partial charge >= 0.3 is 0 Å². The highest BCUT2D eigenvalue weighted by molar-refractivity contribution is 6.22. The van der Waals surface area contributed by atoms with Crippen LogP contribution in [0.25, 0.3) is 11.4 Å². The number of nitrogens with zero attached hydrogens (tertiary/aromatic N) is 3. The van der Waals surface area contributed by atoms with Crippen LogP contribution in [0.2, 0.25) is 0 Å². The number of anilines is 1. The van der Waals surface area contributed by atoms with E-state index in [0.29, 0.717) is 28.7 Å². The topological polar surface area (TPSA) is 119 Å². The number of hydrogen-bond donors (Lipinski definition) is 1. The summed E-state index contributed by atoms with van der Waals surface area (Å²) in [5.74, 6) is -0.0929. The monoisotopic (exact) mass is 428 g/mol. The fraction of sp³-hybridized carbons (Fsp3) is 0.0870. The van der Waals surface area contributed by atoms with Crippen molar-refractivity contribution in [3.05, 3.63) is 89.2 Å². The lowest BCUT2D eigenvalue weighted by atomic mass is 10.0. The molecule has 1 aliphatic heterocycles. The van der Waals surface area contributed by atoms with Gasteiger partial charge in [0.05, 0.1) is 29.6 Å². The molecule has 32 heavy (non-hydrogen) atoms. The minimum atomic E-state index is -0.473. The minimum Gasteiger partial charge on any atom is -0.467 e. The van der Waals surface area contributed by atoms with Gasteiger partial charge < -0.3 is 14.3 Å². The number of aryl methyl sites for hydroxylation is 1. The van der Waals surface area contributed by atoms with Crippen molar-refractivity contribution < 1.29 is 23.3 Å². The van der Waals surface area contributed by atoms with Crippen LogP contribution < -0.4 is 5.32 Å². The Kier molecular flexibility index (Phi) is 4.63. The van der Waals surface area contributed by atoms with Gasteiger partial charge in [-0.3, -0.25) is 19.3 Å². The zero-order valence-corrected chi connectivity index (χ0v) is 16.9. The van der Waals surface area contributed by atoms with E-state index in [4.69, 9.17) is 8.94 Å². The Labute approximate surface area is 181 Å². The van der Waals surface area contributed by atoms with Gasteiger partial charge in [0.1, 0.15) is 5.76 Å². The van der Waals surface area contributed by atoms with Gasteiger partial charge in [0.25, 0.3) is 17.7 Å². The zero-order chi connectivity index (χ0) is 22.2. The number of carbonyl (C=O) groups is 3. The summed E-state index contributed by atoms with van der Waals surface area (Å²) in [4.78, 5) is 43.7. The summed E-state index contributed by atoms with van der Waals surface area (Å²) in [6.45, 7) is 1.70. The van der Waals surface area contributed by atoms with Crippen molar-refractivity contribution in [1.82, 2.24) is 15.0 Å². The fourth-order valence-electron chi connectivity index (χ4n) is 3.52. The molecule has 0 bridgehead atoms. The highest BCUT2D eigenvalue weighted by Gasteiger charge is 2.36. The summed E-state index contributed by atoms with van der Waals surface area (Å²) in [6, 6.07) is 14.8. The summed E-state index contributed by atoms with van der Waals surface area (Å²) < 4.78 is 10.3. The average Bonchev–Trinajstić information content (AvgIpc) is 3.52.